The van der Waals surface area contributed by atoms with Crippen molar-refractivity contribution in [1.29, 1.82) is 0 Å². The Bertz CT molecular complexity index is 1160. The molecule has 5 N–H and O–H groups in total. The fourth-order valence-corrected chi connectivity index (χ4v) is 5.99. The summed E-state index contributed by atoms with van der Waals surface area (Å²) >= 11 is 1.52. The summed E-state index contributed by atoms with van der Waals surface area (Å²) < 4.78 is 6.42. The molecule has 2 saturated carbocycles. The first-order valence-electron chi connectivity index (χ1n) is 11.8. The highest BCUT2D eigenvalue weighted by molar-refractivity contribution is 7.21. The monoisotopic (exact) mass is 485 g/mol. The Kier molecular flexibility index (Phi) is 6.19. The zero-order valence-electron chi connectivity index (χ0n) is 19.4. The summed E-state index contributed by atoms with van der Waals surface area (Å²) in [6.45, 7) is 5.98. The molecule has 0 aliphatic heterocycles. The molecule has 182 valence electrons. The minimum Gasteiger partial charge on any atom is -0.390 e. The van der Waals surface area contributed by atoms with Gasteiger partial charge in [0.2, 0.25) is 5.95 Å². The third-order valence-electron chi connectivity index (χ3n) is 6.89. The maximum atomic E-state index is 11.3. The van der Waals surface area contributed by atoms with E-state index in [4.69, 9.17) is 9.72 Å². The molecule has 2 heterocycles. The van der Waals surface area contributed by atoms with Gasteiger partial charge >= 0.3 is 0 Å². The molecule has 0 spiro atoms. The maximum Gasteiger partial charge on any atom is 0.224 e. The average molecular weight is 486 g/mol. The van der Waals surface area contributed by atoms with Gasteiger partial charge in [0.05, 0.1) is 27.6 Å². The molecule has 0 saturated heterocycles. The molecule has 0 bridgehead atoms. The molecule has 2 aliphatic rings. The van der Waals surface area contributed by atoms with E-state index in [1.807, 2.05) is 38.1 Å². The molecule has 2 aliphatic carbocycles. The zero-order valence-corrected chi connectivity index (χ0v) is 20.2. The molecule has 4 atom stereocenters. The van der Waals surface area contributed by atoms with E-state index >= 15 is 0 Å². The highest BCUT2D eigenvalue weighted by atomic mass is 32.1. The first kappa shape index (κ1) is 23.4. The number of thiazole rings is 1. The molecule has 4 unspecified atom stereocenters. The molecular weight excluding hydrogens is 454 g/mol. The van der Waals surface area contributed by atoms with Gasteiger partial charge in [0.1, 0.15) is 16.4 Å². The Labute approximate surface area is 202 Å². The number of aliphatic hydroxyl groups excluding tert-OH is 1. The number of aryl methyl sites for hydroxylation is 1. The second-order valence-electron chi connectivity index (χ2n) is 9.07. The minimum atomic E-state index is -1.68. The Balaban J connectivity index is 1.46. The molecule has 1 aromatic carbocycles. The van der Waals surface area contributed by atoms with Crippen LogP contribution in [0.5, 0.6) is 0 Å². The predicted octanol–water partition coefficient (Wildman–Crippen LogP) is 2.91. The average Bonchev–Trinajstić information content (AvgIpc) is 3.09. The number of aliphatic hydroxyl groups is 3. The number of aromatic nitrogens is 3. The van der Waals surface area contributed by atoms with Crippen LogP contribution < -0.4 is 10.6 Å². The van der Waals surface area contributed by atoms with E-state index in [-0.39, 0.29) is 5.92 Å². The molecule has 5 rings (SSSR count). The van der Waals surface area contributed by atoms with Gasteiger partial charge in [-0.2, -0.15) is 4.98 Å². The van der Waals surface area contributed by atoms with Crippen LogP contribution in [-0.2, 0) is 4.74 Å². The van der Waals surface area contributed by atoms with Crippen molar-refractivity contribution in [2.45, 2.75) is 57.0 Å². The topological polar surface area (TPSA) is 133 Å². The Hall–Kier alpha value is -2.37. The van der Waals surface area contributed by atoms with Gasteiger partial charge < -0.3 is 30.7 Å². The number of fused-ring (bicyclic) bond motifs is 2. The van der Waals surface area contributed by atoms with Crippen molar-refractivity contribution < 1.29 is 20.1 Å². The molecule has 0 amide bonds. The normalized spacial score (nSPS) is 27.7. The lowest BCUT2D eigenvalue weighted by Crippen LogP contribution is -2.51. The van der Waals surface area contributed by atoms with Gasteiger partial charge in [-0.05, 0) is 51.7 Å². The minimum absolute atomic E-state index is 0.313. The summed E-state index contributed by atoms with van der Waals surface area (Å²) in [6.07, 6.45) is 1.74. The number of ether oxygens (including phenoxy) is 1. The van der Waals surface area contributed by atoms with Crippen LogP contribution in [0.3, 0.4) is 0 Å². The summed E-state index contributed by atoms with van der Waals surface area (Å²) in [5, 5.41) is 39.5. The second kappa shape index (κ2) is 9.01. The Morgan fingerprint density at radius 1 is 1.18 bits per heavy atom. The third-order valence-corrected chi connectivity index (χ3v) is 7.95. The summed E-state index contributed by atoms with van der Waals surface area (Å²) in [4.78, 5) is 14.1. The molecule has 2 aromatic heterocycles. The number of nitrogens with zero attached hydrogens (tertiary/aromatic N) is 3. The van der Waals surface area contributed by atoms with Crippen molar-refractivity contribution >= 4 is 33.3 Å². The molecular formula is C24H31N5O4S. The molecule has 3 aromatic rings. The number of rotatable bonds is 10. The summed E-state index contributed by atoms with van der Waals surface area (Å²) in [6, 6.07) is 7.88. The fourth-order valence-electron chi connectivity index (χ4n) is 4.93. The number of nitrogens with one attached hydrogen (secondary N) is 2. The van der Waals surface area contributed by atoms with Crippen molar-refractivity contribution in [3.05, 3.63) is 30.0 Å². The van der Waals surface area contributed by atoms with Gasteiger partial charge in [-0.25, -0.2) is 9.97 Å². The van der Waals surface area contributed by atoms with Crippen LogP contribution in [0.25, 0.3) is 20.8 Å². The standard InChI is InChI=1S/C24H31N5O4S/c1-3-33-13-7-6-12-25-22-26-14(2)18(21-27-16-8-4-5-9-17(16)34-21)20(28-22)29-23(31)11-10-15-19(30)24(15,23)32/h4-5,8-9,15,19,30-32H,3,6-7,10-13H2,1-2H3,(H2,25,26,28,29). The third kappa shape index (κ3) is 3.93. The van der Waals surface area contributed by atoms with E-state index in [0.29, 0.717) is 49.0 Å². The van der Waals surface area contributed by atoms with E-state index in [1.54, 1.807) is 0 Å². The van der Waals surface area contributed by atoms with E-state index in [1.165, 1.54) is 11.3 Å². The molecule has 34 heavy (non-hydrogen) atoms. The number of benzene rings is 1. The summed E-state index contributed by atoms with van der Waals surface area (Å²) in [5.41, 5.74) is -1.00. The lowest BCUT2D eigenvalue weighted by Gasteiger charge is -2.32. The number of anilines is 2. The smallest absolute Gasteiger partial charge is 0.224 e. The Morgan fingerprint density at radius 3 is 2.74 bits per heavy atom. The lowest BCUT2D eigenvalue weighted by atomic mass is 10.0. The number of para-hydroxylation sites is 1. The van der Waals surface area contributed by atoms with Crippen LogP contribution in [0.2, 0.25) is 0 Å². The predicted molar refractivity (Wildman–Crippen MR) is 132 cm³/mol. The number of unbranched alkanes of at least 4 members (excludes halogenated alkanes) is 1. The zero-order chi connectivity index (χ0) is 23.9. The van der Waals surface area contributed by atoms with Gasteiger partial charge in [-0.15, -0.1) is 11.3 Å². The van der Waals surface area contributed by atoms with Crippen molar-refractivity contribution in [3.63, 3.8) is 0 Å². The van der Waals surface area contributed by atoms with Crippen LogP contribution in [0.1, 0.15) is 38.3 Å². The molecule has 2 fully saturated rings. The van der Waals surface area contributed by atoms with Crippen LogP contribution in [-0.4, -0.2) is 67.5 Å². The SMILES string of the molecule is CCOCCCCNc1nc(C)c(-c2nc3ccccc3s2)c(NC2(O)CCC3C(O)C32O)n1. The largest absolute Gasteiger partial charge is 0.390 e. The first-order valence-corrected chi connectivity index (χ1v) is 12.7. The van der Waals surface area contributed by atoms with E-state index in [0.717, 1.165) is 34.7 Å². The van der Waals surface area contributed by atoms with Gasteiger partial charge in [0.25, 0.3) is 0 Å². The highest BCUT2D eigenvalue weighted by Crippen LogP contribution is 2.61. The molecule has 10 heteroatoms. The highest BCUT2D eigenvalue weighted by Gasteiger charge is 2.78. The van der Waals surface area contributed by atoms with Crippen molar-refractivity contribution in [1.82, 2.24) is 15.0 Å². The Morgan fingerprint density at radius 2 is 2.00 bits per heavy atom. The molecule has 0 radical (unpaired) electrons. The summed E-state index contributed by atoms with van der Waals surface area (Å²) in [5.74, 6) is 0.489. The van der Waals surface area contributed by atoms with Gasteiger partial charge in [0, 0.05) is 25.7 Å². The lowest BCUT2D eigenvalue weighted by molar-refractivity contribution is -0.0851. The van der Waals surface area contributed by atoms with E-state index < -0.39 is 17.4 Å². The second-order valence-corrected chi connectivity index (χ2v) is 10.1. The van der Waals surface area contributed by atoms with Crippen LogP contribution in [0.15, 0.2) is 24.3 Å². The van der Waals surface area contributed by atoms with Crippen LogP contribution in [0.4, 0.5) is 11.8 Å². The number of hydrogen-bond acceptors (Lipinski definition) is 10. The van der Waals surface area contributed by atoms with E-state index in [9.17, 15) is 15.3 Å². The van der Waals surface area contributed by atoms with Gasteiger partial charge in [0.15, 0.2) is 5.72 Å². The summed E-state index contributed by atoms with van der Waals surface area (Å²) in [7, 11) is 0. The van der Waals surface area contributed by atoms with Gasteiger partial charge in [-0.3, -0.25) is 0 Å². The first-order chi connectivity index (χ1) is 16.4. The molecule has 9 nitrogen and oxygen atoms in total. The van der Waals surface area contributed by atoms with Crippen molar-refractivity contribution in [2.24, 2.45) is 5.92 Å². The maximum absolute atomic E-state index is 11.3. The van der Waals surface area contributed by atoms with Crippen molar-refractivity contribution in [3.8, 4) is 10.6 Å². The fraction of sp³-hybridized carbons (Fsp3) is 0.542. The number of hydrogen-bond donors (Lipinski definition) is 5. The van der Waals surface area contributed by atoms with Gasteiger partial charge in [-0.1, -0.05) is 12.1 Å². The van der Waals surface area contributed by atoms with Crippen molar-refractivity contribution in [2.75, 3.05) is 30.4 Å². The van der Waals surface area contributed by atoms with Crippen LogP contribution in [0, 0.1) is 12.8 Å². The quantitative estimate of drug-likeness (QED) is 0.217. The van der Waals surface area contributed by atoms with Crippen LogP contribution >= 0.6 is 11.3 Å². The van der Waals surface area contributed by atoms with E-state index in [2.05, 4.69) is 20.6 Å².